The Balaban J connectivity index is 1.19. The average molecular weight is 415 g/mol. The van der Waals surface area contributed by atoms with Crippen molar-refractivity contribution in [2.45, 2.75) is 19.4 Å². The molecule has 1 aliphatic rings. The molecule has 1 aliphatic heterocycles. The van der Waals surface area contributed by atoms with Crippen LogP contribution >= 0.6 is 0 Å². The molecule has 31 heavy (non-hydrogen) atoms. The Morgan fingerprint density at radius 1 is 1.06 bits per heavy atom. The molecular weight excluding hydrogens is 390 g/mol. The molecule has 1 amide bonds. The molecule has 7 nitrogen and oxygen atoms in total. The number of aromatic nitrogens is 3. The van der Waals surface area contributed by atoms with Crippen LogP contribution in [-0.4, -0.2) is 57.0 Å². The van der Waals surface area contributed by atoms with Crippen molar-refractivity contribution in [3.05, 3.63) is 72.2 Å². The number of nitrogens with zero attached hydrogens (tertiary/aromatic N) is 4. The van der Waals surface area contributed by atoms with E-state index >= 15 is 0 Å². The zero-order chi connectivity index (χ0) is 21.2. The number of hydrogen-bond donors (Lipinski definition) is 1. The van der Waals surface area contributed by atoms with Crippen molar-refractivity contribution in [1.82, 2.24) is 24.9 Å². The highest BCUT2D eigenvalue weighted by Crippen LogP contribution is 2.24. The van der Waals surface area contributed by atoms with Crippen molar-refractivity contribution in [3.8, 4) is 11.4 Å². The summed E-state index contributed by atoms with van der Waals surface area (Å²) >= 11 is 0. The second kappa shape index (κ2) is 8.35. The summed E-state index contributed by atoms with van der Waals surface area (Å²) in [6.45, 7) is 5.04. The quantitative estimate of drug-likeness (QED) is 0.538. The lowest BCUT2D eigenvalue weighted by molar-refractivity contribution is -0.132. The zero-order valence-electron chi connectivity index (χ0n) is 17.5. The van der Waals surface area contributed by atoms with Gasteiger partial charge in [-0.1, -0.05) is 53.7 Å². The van der Waals surface area contributed by atoms with Crippen LogP contribution in [-0.2, 0) is 11.2 Å². The van der Waals surface area contributed by atoms with Gasteiger partial charge in [-0.3, -0.25) is 9.69 Å². The first-order valence-corrected chi connectivity index (χ1v) is 10.6. The topological polar surface area (TPSA) is 78.3 Å². The first-order chi connectivity index (χ1) is 15.2. The third-order valence-electron chi connectivity index (χ3n) is 6.06. The molecule has 1 atom stereocenters. The number of carbonyl (C=O) groups is 1. The van der Waals surface area contributed by atoms with E-state index in [-0.39, 0.29) is 11.9 Å². The predicted molar refractivity (Wildman–Crippen MR) is 118 cm³/mol. The van der Waals surface area contributed by atoms with Gasteiger partial charge in [-0.2, -0.15) is 4.98 Å². The van der Waals surface area contributed by atoms with Crippen LogP contribution in [0.4, 0.5) is 0 Å². The van der Waals surface area contributed by atoms with Crippen LogP contribution in [0.15, 0.2) is 65.3 Å². The molecule has 4 aromatic rings. The van der Waals surface area contributed by atoms with Crippen molar-refractivity contribution in [2.75, 3.05) is 26.2 Å². The van der Waals surface area contributed by atoms with Crippen LogP contribution in [0, 0.1) is 0 Å². The molecule has 1 unspecified atom stereocenters. The fraction of sp³-hybridized carbons (Fsp3) is 0.292. The van der Waals surface area contributed by atoms with E-state index in [9.17, 15) is 4.79 Å². The number of amides is 1. The van der Waals surface area contributed by atoms with Crippen molar-refractivity contribution < 1.29 is 9.32 Å². The van der Waals surface area contributed by atoms with Gasteiger partial charge in [0.15, 0.2) is 0 Å². The van der Waals surface area contributed by atoms with Gasteiger partial charge in [0.2, 0.25) is 17.6 Å². The van der Waals surface area contributed by atoms with E-state index in [1.165, 1.54) is 0 Å². The number of nitrogens with one attached hydrogen (secondary N) is 1. The van der Waals surface area contributed by atoms with Gasteiger partial charge in [0.05, 0.1) is 12.5 Å². The molecule has 0 radical (unpaired) electrons. The third-order valence-corrected chi connectivity index (χ3v) is 6.06. The SMILES string of the molecule is CC(c1nc(-c2ccccc2)no1)N1CCN(C(=O)Cc2c[nH]c3ccccc23)CC1. The van der Waals surface area contributed by atoms with Gasteiger partial charge in [0.25, 0.3) is 0 Å². The Morgan fingerprint density at radius 2 is 1.81 bits per heavy atom. The standard InChI is InChI=1S/C24H25N5O2/c1-17(24-26-23(27-31-24)18-7-3-2-4-8-18)28-11-13-29(14-12-28)22(30)15-19-16-25-21-10-6-5-9-20(19)21/h2-10,16-17,25H,11-15H2,1H3. The fourth-order valence-corrected chi connectivity index (χ4v) is 4.18. The van der Waals surface area contributed by atoms with Crippen molar-refractivity contribution >= 4 is 16.8 Å². The zero-order valence-corrected chi connectivity index (χ0v) is 17.5. The summed E-state index contributed by atoms with van der Waals surface area (Å²) in [6.07, 6.45) is 2.37. The van der Waals surface area contributed by atoms with Crippen LogP contribution in [0.5, 0.6) is 0 Å². The number of carbonyl (C=O) groups excluding carboxylic acids is 1. The number of H-pyrrole nitrogens is 1. The summed E-state index contributed by atoms with van der Waals surface area (Å²) in [5.74, 6) is 1.38. The molecule has 1 saturated heterocycles. The average Bonchev–Trinajstić information content (AvgIpc) is 3.47. The molecule has 1 fully saturated rings. The Labute approximate surface area is 180 Å². The second-order valence-electron chi connectivity index (χ2n) is 7.95. The molecule has 1 N–H and O–H groups in total. The van der Waals surface area contributed by atoms with Crippen LogP contribution in [0.3, 0.4) is 0 Å². The first-order valence-electron chi connectivity index (χ1n) is 10.6. The summed E-state index contributed by atoms with van der Waals surface area (Å²) in [5.41, 5.74) is 3.06. The van der Waals surface area contributed by atoms with Crippen LogP contribution in [0.25, 0.3) is 22.3 Å². The minimum Gasteiger partial charge on any atom is -0.361 e. The van der Waals surface area contributed by atoms with Gasteiger partial charge in [0, 0.05) is 48.8 Å². The monoisotopic (exact) mass is 415 g/mol. The summed E-state index contributed by atoms with van der Waals surface area (Å²) < 4.78 is 5.53. The molecule has 2 aromatic carbocycles. The smallest absolute Gasteiger partial charge is 0.244 e. The van der Waals surface area contributed by atoms with E-state index in [1.54, 1.807) is 0 Å². The van der Waals surface area contributed by atoms with Crippen LogP contribution in [0.2, 0.25) is 0 Å². The number of rotatable bonds is 5. The molecule has 0 saturated carbocycles. The summed E-state index contributed by atoms with van der Waals surface area (Å²) in [4.78, 5) is 24.9. The first kappa shape index (κ1) is 19.5. The fourth-order valence-electron chi connectivity index (χ4n) is 4.18. The number of aromatic amines is 1. The number of benzene rings is 2. The largest absolute Gasteiger partial charge is 0.361 e. The van der Waals surface area contributed by atoms with E-state index < -0.39 is 0 Å². The molecule has 0 aliphatic carbocycles. The second-order valence-corrected chi connectivity index (χ2v) is 7.95. The van der Waals surface area contributed by atoms with Gasteiger partial charge < -0.3 is 14.4 Å². The van der Waals surface area contributed by atoms with E-state index in [0.29, 0.717) is 31.2 Å². The minimum absolute atomic E-state index is 0.0100. The molecular formula is C24H25N5O2. The summed E-state index contributed by atoms with van der Waals surface area (Å²) in [7, 11) is 0. The van der Waals surface area contributed by atoms with Gasteiger partial charge in [-0.25, -0.2) is 0 Å². The lowest BCUT2D eigenvalue weighted by Crippen LogP contribution is -2.49. The highest BCUT2D eigenvalue weighted by Gasteiger charge is 2.28. The number of hydrogen-bond acceptors (Lipinski definition) is 5. The molecule has 0 bridgehead atoms. The maximum Gasteiger partial charge on any atom is 0.244 e. The van der Waals surface area contributed by atoms with Gasteiger partial charge in [-0.15, -0.1) is 0 Å². The van der Waals surface area contributed by atoms with Crippen molar-refractivity contribution in [1.29, 1.82) is 0 Å². The Kier molecular flexibility index (Phi) is 5.26. The van der Waals surface area contributed by atoms with Crippen LogP contribution < -0.4 is 0 Å². The normalized spacial score (nSPS) is 16.0. The van der Waals surface area contributed by atoms with Crippen LogP contribution in [0.1, 0.15) is 24.4 Å². The van der Waals surface area contributed by atoms with Gasteiger partial charge >= 0.3 is 0 Å². The summed E-state index contributed by atoms with van der Waals surface area (Å²) in [5, 5.41) is 5.25. The Bertz CT molecular complexity index is 1170. The maximum atomic E-state index is 12.9. The Morgan fingerprint density at radius 3 is 2.61 bits per heavy atom. The minimum atomic E-state index is 0.0100. The molecule has 7 heteroatoms. The number of para-hydroxylation sites is 1. The molecule has 0 spiro atoms. The lowest BCUT2D eigenvalue weighted by Gasteiger charge is -2.36. The van der Waals surface area contributed by atoms with E-state index in [1.807, 2.05) is 59.6 Å². The molecule has 2 aromatic heterocycles. The molecule has 3 heterocycles. The lowest BCUT2D eigenvalue weighted by atomic mass is 10.1. The van der Waals surface area contributed by atoms with Crippen molar-refractivity contribution in [3.63, 3.8) is 0 Å². The van der Waals surface area contributed by atoms with Crippen molar-refractivity contribution in [2.24, 2.45) is 0 Å². The third kappa shape index (κ3) is 3.96. The van der Waals surface area contributed by atoms with E-state index in [2.05, 4.69) is 33.0 Å². The molecule has 158 valence electrons. The molecule has 5 rings (SSSR count). The van der Waals surface area contributed by atoms with Gasteiger partial charge in [0.1, 0.15) is 0 Å². The van der Waals surface area contributed by atoms with Gasteiger partial charge in [-0.05, 0) is 18.6 Å². The highest BCUT2D eigenvalue weighted by atomic mass is 16.5. The summed E-state index contributed by atoms with van der Waals surface area (Å²) in [6, 6.07) is 17.9. The van der Waals surface area contributed by atoms with E-state index in [0.717, 1.165) is 35.1 Å². The predicted octanol–water partition coefficient (Wildman–Crippen LogP) is 3.67. The van der Waals surface area contributed by atoms with E-state index in [4.69, 9.17) is 4.52 Å². The number of fused-ring (bicyclic) bond motifs is 1. The Hall–Kier alpha value is -3.45. The highest BCUT2D eigenvalue weighted by molar-refractivity contribution is 5.88. The maximum absolute atomic E-state index is 12.9. The number of piperazine rings is 1.